The Balaban J connectivity index is 2.27. The lowest BCUT2D eigenvalue weighted by Gasteiger charge is -2.07. The number of hydrogen-bond acceptors (Lipinski definition) is 5. The Bertz CT molecular complexity index is 502. The van der Waals surface area contributed by atoms with Crippen LogP contribution in [-0.2, 0) is 0 Å². The molecule has 0 atom stereocenters. The summed E-state index contributed by atoms with van der Waals surface area (Å²) in [7, 11) is 0. The topological polar surface area (TPSA) is 81.3 Å². The van der Waals surface area contributed by atoms with Gasteiger partial charge in [0, 0.05) is 12.4 Å². The molecule has 0 saturated carbocycles. The molecule has 0 fully saturated rings. The van der Waals surface area contributed by atoms with E-state index in [1.165, 1.54) is 6.07 Å². The van der Waals surface area contributed by atoms with Crippen LogP contribution in [0.3, 0.4) is 0 Å². The van der Waals surface area contributed by atoms with E-state index in [1.807, 2.05) is 0 Å². The van der Waals surface area contributed by atoms with E-state index >= 15 is 0 Å². The average molecular weight is 282 g/mol. The summed E-state index contributed by atoms with van der Waals surface area (Å²) in [5.41, 5.74) is 5.78. The first-order valence-electron chi connectivity index (χ1n) is 4.39. The van der Waals surface area contributed by atoms with Crippen molar-refractivity contribution in [3.8, 4) is 17.5 Å². The van der Waals surface area contributed by atoms with Gasteiger partial charge in [-0.15, -0.1) is 0 Å². The van der Waals surface area contributed by atoms with E-state index < -0.39 is 0 Å². The Hall–Kier alpha value is -1.82. The highest BCUT2D eigenvalue weighted by atomic mass is 79.9. The number of ether oxygens (including phenoxy) is 1. The summed E-state index contributed by atoms with van der Waals surface area (Å²) in [6, 6.07) is 4.89. The van der Waals surface area contributed by atoms with Crippen LogP contribution in [0, 0.1) is 0 Å². The van der Waals surface area contributed by atoms with Crippen molar-refractivity contribution in [2.75, 3.05) is 5.73 Å². The van der Waals surface area contributed by atoms with E-state index in [9.17, 15) is 5.11 Å². The summed E-state index contributed by atoms with van der Waals surface area (Å²) in [4.78, 5) is 7.85. The number of phenolic OH excluding ortho intramolecular Hbond substituents is 1. The molecule has 1 aromatic heterocycles. The number of aromatic nitrogens is 2. The zero-order valence-electron chi connectivity index (χ0n) is 8.09. The number of nitrogen functional groups attached to an aromatic ring is 1. The maximum atomic E-state index is 9.37. The third-order valence-corrected chi connectivity index (χ3v) is 2.25. The molecular weight excluding hydrogens is 274 g/mol. The molecule has 0 unspecified atom stereocenters. The fourth-order valence-electron chi connectivity index (χ4n) is 1.07. The molecule has 0 spiro atoms. The van der Waals surface area contributed by atoms with Gasteiger partial charge in [0.15, 0.2) is 5.75 Å². The maximum absolute atomic E-state index is 9.37. The minimum absolute atomic E-state index is 0.0328. The lowest BCUT2D eigenvalue weighted by molar-refractivity contribution is 0.434. The first-order chi connectivity index (χ1) is 7.66. The second-order valence-electron chi connectivity index (χ2n) is 2.97. The van der Waals surface area contributed by atoms with Crippen LogP contribution in [0.4, 0.5) is 5.69 Å². The number of phenols is 1. The average Bonchev–Trinajstić information content (AvgIpc) is 2.28. The monoisotopic (exact) mass is 281 g/mol. The third-order valence-electron chi connectivity index (χ3n) is 1.84. The van der Waals surface area contributed by atoms with Crippen molar-refractivity contribution < 1.29 is 9.84 Å². The normalized spacial score (nSPS) is 10.1. The van der Waals surface area contributed by atoms with Crippen LogP contribution in [-0.4, -0.2) is 15.1 Å². The summed E-state index contributed by atoms with van der Waals surface area (Å²) < 4.78 is 6.07. The second kappa shape index (κ2) is 4.36. The molecule has 16 heavy (non-hydrogen) atoms. The minimum atomic E-state index is -0.0328. The van der Waals surface area contributed by atoms with Crippen LogP contribution in [0.2, 0.25) is 0 Å². The predicted molar refractivity (Wildman–Crippen MR) is 62.3 cm³/mol. The molecule has 0 aliphatic rings. The Morgan fingerprint density at radius 1 is 1.25 bits per heavy atom. The van der Waals surface area contributed by atoms with E-state index in [1.54, 1.807) is 24.5 Å². The van der Waals surface area contributed by atoms with E-state index in [0.717, 1.165) is 4.47 Å². The highest BCUT2D eigenvalue weighted by Crippen LogP contribution is 2.32. The Kier molecular flexibility index (Phi) is 2.91. The molecule has 0 saturated heterocycles. The number of halogens is 1. The first-order valence-corrected chi connectivity index (χ1v) is 5.19. The van der Waals surface area contributed by atoms with Gasteiger partial charge in [0.1, 0.15) is 11.4 Å². The molecule has 1 aromatic carbocycles. The van der Waals surface area contributed by atoms with Gasteiger partial charge in [0.05, 0.1) is 4.47 Å². The zero-order chi connectivity index (χ0) is 11.5. The molecule has 2 rings (SSSR count). The van der Waals surface area contributed by atoms with Gasteiger partial charge in [0.2, 0.25) is 0 Å². The molecule has 0 aliphatic carbocycles. The maximum Gasteiger partial charge on any atom is 0.322 e. The number of aromatic hydroxyl groups is 1. The number of hydrogen-bond donors (Lipinski definition) is 2. The number of para-hydroxylation sites is 1. The molecule has 1 heterocycles. The summed E-state index contributed by atoms with van der Waals surface area (Å²) in [5.74, 6) is 0.289. The Morgan fingerprint density at radius 2 is 1.94 bits per heavy atom. The SMILES string of the molecule is Nc1c(O)cccc1Oc1ncc(Br)cn1. The zero-order valence-corrected chi connectivity index (χ0v) is 9.68. The van der Waals surface area contributed by atoms with E-state index in [4.69, 9.17) is 10.5 Å². The summed E-state index contributed by atoms with van der Waals surface area (Å²) in [6.45, 7) is 0. The van der Waals surface area contributed by atoms with Crippen molar-refractivity contribution in [1.29, 1.82) is 0 Å². The summed E-state index contributed by atoms with van der Waals surface area (Å²) >= 11 is 3.21. The van der Waals surface area contributed by atoms with Crippen molar-refractivity contribution in [3.05, 3.63) is 35.1 Å². The van der Waals surface area contributed by atoms with Gasteiger partial charge >= 0.3 is 6.01 Å². The largest absolute Gasteiger partial charge is 0.506 e. The molecule has 0 aliphatic heterocycles. The highest BCUT2D eigenvalue weighted by molar-refractivity contribution is 9.10. The van der Waals surface area contributed by atoms with Crippen molar-refractivity contribution in [1.82, 2.24) is 9.97 Å². The Labute approximate surface area is 100 Å². The van der Waals surface area contributed by atoms with Gasteiger partial charge in [-0.25, -0.2) is 9.97 Å². The molecule has 2 aromatic rings. The number of nitrogens with two attached hydrogens (primary N) is 1. The van der Waals surface area contributed by atoms with Gasteiger partial charge in [-0.2, -0.15) is 0 Å². The quantitative estimate of drug-likeness (QED) is 0.652. The predicted octanol–water partition coefficient (Wildman–Crippen LogP) is 2.32. The second-order valence-corrected chi connectivity index (χ2v) is 3.89. The molecule has 3 N–H and O–H groups in total. The number of nitrogens with zero attached hydrogens (tertiary/aromatic N) is 2. The molecule has 5 nitrogen and oxygen atoms in total. The van der Waals surface area contributed by atoms with Crippen LogP contribution in [0.15, 0.2) is 35.1 Å². The summed E-state index contributed by atoms with van der Waals surface area (Å²) in [6.07, 6.45) is 3.11. The lowest BCUT2D eigenvalue weighted by atomic mass is 10.3. The molecule has 0 bridgehead atoms. The van der Waals surface area contributed by atoms with Crippen LogP contribution in [0.25, 0.3) is 0 Å². The van der Waals surface area contributed by atoms with Gasteiger partial charge in [-0.1, -0.05) is 6.07 Å². The standard InChI is InChI=1S/C10H8BrN3O2/c11-6-4-13-10(14-5-6)16-8-3-1-2-7(15)9(8)12/h1-5,15H,12H2. The van der Waals surface area contributed by atoms with Crippen LogP contribution in [0.5, 0.6) is 17.5 Å². The van der Waals surface area contributed by atoms with Gasteiger partial charge in [0.25, 0.3) is 0 Å². The number of rotatable bonds is 2. The molecule has 6 heteroatoms. The van der Waals surface area contributed by atoms with E-state index in [0.29, 0.717) is 5.75 Å². The van der Waals surface area contributed by atoms with Gasteiger partial charge in [-0.3, -0.25) is 0 Å². The smallest absolute Gasteiger partial charge is 0.322 e. The van der Waals surface area contributed by atoms with Crippen molar-refractivity contribution in [2.45, 2.75) is 0 Å². The van der Waals surface area contributed by atoms with E-state index in [2.05, 4.69) is 25.9 Å². The van der Waals surface area contributed by atoms with Crippen LogP contribution in [0.1, 0.15) is 0 Å². The van der Waals surface area contributed by atoms with E-state index in [-0.39, 0.29) is 17.4 Å². The molecule has 0 radical (unpaired) electrons. The fourth-order valence-corrected chi connectivity index (χ4v) is 1.28. The summed E-state index contributed by atoms with van der Waals surface area (Å²) in [5, 5.41) is 9.37. The minimum Gasteiger partial charge on any atom is -0.506 e. The van der Waals surface area contributed by atoms with Crippen LogP contribution >= 0.6 is 15.9 Å². The van der Waals surface area contributed by atoms with Crippen molar-refractivity contribution >= 4 is 21.6 Å². The third kappa shape index (κ3) is 2.22. The first kappa shape index (κ1) is 10.7. The highest BCUT2D eigenvalue weighted by Gasteiger charge is 2.07. The molecule has 0 amide bonds. The van der Waals surface area contributed by atoms with Crippen molar-refractivity contribution in [2.24, 2.45) is 0 Å². The fraction of sp³-hybridized carbons (Fsp3) is 0. The number of anilines is 1. The Morgan fingerprint density at radius 3 is 2.62 bits per heavy atom. The lowest BCUT2D eigenvalue weighted by Crippen LogP contribution is -1.95. The van der Waals surface area contributed by atoms with Crippen molar-refractivity contribution in [3.63, 3.8) is 0 Å². The van der Waals surface area contributed by atoms with Crippen LogP contribution < -0.4 is 10.5 Å². The van der Waals surface area contributed by atoms with Gasteiger partial charge in [-0.05, 0) is 28.1 Å². The molecule has 82 valence electrons. The molecular formula is C10H8BrN3O2. The van der Waals surface area contributed by atoms with Gasteiger partial charge < -0.3 is 15.6 Å². The number of benzene rings is 1.